The molecule has 31 heavy (non-hydrogen) atoms. The van der Waals surface area contributed by atoms with E-state index in [-0.39, 0.29) is 11.5 Å². The van der Waals surface area contributed by atoms with Gasteiger partial charge in [-0.2, -0.15) is 5.26 Å². The van der Waals surface area contributed by atoms with Gasteiger partial charge in [-0.3, -0.25) is 4.99 Å². The van der Waals surface area contributed by atoms with Crippen LogP contribution in [0, 0.1) is 16.7 Å². The van der Waals surface area contributed by atoms with Crippen LogP contribution in [0.4, 0.5) is 0 Å². The lowest BCUT2D eigenvalue weighted by atomic mass is 9.65. The molecule has 1 saturated carbocycles. The summed E-state index contributed by atoms with van der Waals surface area (Å²) in [7, 11) is -2.40. The number of rotatable bonds is 2. The zero-order valence-corrected chi connectivity index (χ0v) is 18.0. The summed E-state index contributed by atoms with van der Waals surface area (Å²) in [6.07, 6.45) is 3.21. The Morgan fingerprint density at radius 1 is 1.19 bits per heavy atom. The standard InChI is InChI=1S/C25H25ClN4O/c1-15-23(28)30-25(29-15)22-12-17(19-9-16(14-27)10-20(26)11-19)3-4-18(22)13-24(25)7-5-21(31-2)6-8-24/h3-4,9-12,21H,5-8,13H2,1-2H3,(H2,28,30)/t21-,24-,25?/i2D3. The molecule has 2 aliphatic carbocycles. The minimum absolute atomic E-state index is 0.295. The Labute approximate surface area is 191 Å². The molecular formula is C25H25ClN4O. The summed E-state index contributed by atoms with van der Waals surface area (Å²) >= 11 is 6.27. The number of benzene rings is 2. The van der Waals surface area contributed by atoms with Crippen molar-refractivity contribution < 1.29 is 8.85 Å². The number of hydrogen-bond donors (Lipinski definition) is 1. The summed E-state index contributed by atoms with van der Waals surface area (Å²) in [5.41, 5.74) is 10.3. The van der Waals surface area contributed by atoms with Crippen molar-refractivity contribution in [1.29, 1.82) is 5.26 Å². The molecule has 6 heteroatoms. The Morgan fingerprint density at radius 2 is 2.00 bits per heavy atom. The molecule has 3 aliphatic rings. The van der Waals surface area contributed by atoms with Gasteiger partial charge >= 0.3 is 0 Å². The maximum absolute atomic E-state index is 9.37. The number of aliphatic imine (C=N–C) groups is 2. The van der Waals surface area contributed by atoms with Gasteiger partial charge in [0.2, 0.25) is 0 Å². The Hall–Kier alpha value is -2.68. The molecule has 2 spiro atoms. The molecule has 1 atom stereocenters. The lowest BCUT2D eigenvalue weighted by molar-refractivity contribution is -0.000372. The first kappa shape index (κ1) is 16.9. The highest BCUT2D eigenvalue weighted by atomic mass is 35.5. The van der Waals surface area contributed by atoms with Crippen LogP contribution in [0.1, 0.15) is 53.4 Å². The van der Waals surface area contributed by atoms with Gasteiger partial charge in [0.05, 0.1) is 27.6 Å². The Balaban J connectivity index is 1.57. The van der Waals surface area contributed by atoms with Crippen LogP contribution < -0.4 is 5.73 Å². The van der Waals surface area contributed by atoms with Crippen LogP contribution >= 0.6 is 11.6 Å². The fraction of sp³-hybridized carbons (Fsp3) is 0.400. The third kappa shape index (κ3) is 3.01. The normalized spacial score (nSPS) is 30.9. The van der Waals surface area contributed by atoms with E-state index in [0.29, 0.717) is 35.0 Å². The number of amidine groups is 1. The van der Waals surface area contributed by atoms with Crippen LogP contribution in [0.3, 0.4) is 0 Å². The summed E-state index contributed by atoms with van der Waals surface area (Å²) < 4.78 is 27.7. The van der Waals surface area contributed by atoms with Crippen molar-refractivity contribution >= 4 is 23.1 Å². The van der Waals surface area contributed by atoms with E-state index in [1.165, 1.54) is 0 Å². The third-order valence-electron chi connectivity index (χ3n) is 7.15. The molecule has 158 valence electrons. The minimum Gasteiger partial charge on any atom is -0.382 e. The van der Waals surface area contributed by atoms with Crippen LogP contribution in [0.25, 0.3) is 11.1 Å². The van der Waals surface area contributed by atoms with Crippen LogP contribution in [0.5, 0.6) is 0 Å². The molecule has 2 aromatic rings. The Bertz CT molecular complexity index is 1250. The molecule has 5 nitrogen and oxygen atoms in total. The zero-order chi connectivity index (χ0) is 24.3. The number of methoxy groups -OCH3 is 1. The van der Waals surface area contributed by atoms with Crippen molar-refractivity contribution in [3.05, 3.63) is 58.1 Å². The molecule has 2 N–H and O–H groups in total. The lowest BCUT2D eigenvalue weighted by Gasteiger charge is -2.44. The quantitative estimate of drug-likeness (QED) is 0.720. The fourth-order valence-corrected chi connectivity index (χ4v) is 5.79. The van der Waals surface area contributed by atoms with E-state index in [2.05, 4.69) is 18.2 Å². The number of halogens is 1. The summed E-state index contributed by atoms with van der Waals surface area (Å²) in [5, 5.41) is 9.87. The maximum atomic E-state index is 9.37. The summed E-state index contributed by atoms with van der Waals surface area (Å²) in [6, 6.07) is 13.7. The zero-order valence-electron chi connectivity index (χ0n) is 20.3. The van der Waals surface area contributed by atoms with E-state index in [0.717, 1.165) is 41.5 Å². The predicted octanol–water partition coefficient (Wildman–Crippen LogP) is 4.99. The van der Waals surface area contributed by atoms with E-state index in [1.807, 2.05) is 25.1 Å². The molecule has 0 bridgehead atoms. The van der Waals surface area contributed by atoms with Crippen LogP contribution in [0.15, 0.2) is 46.4 Å². The van der Waals surface area contributed by atoms with Gasteiger partial charge in [-0.1, -0.05) is 23.7 Å². The molecule has 1 unspecified atom stereocenters. The largest absolute Gasteiger partial charge is 0.382 e. The fourth-order valence-electron chi connectivity index (χ4n) is 5.55. The van der Waals surface area contributed by atoms with Gasteiger partial charge in [0.25, 0.3) is 0 Å². The molecule has 0 aromatic heterocycles. The van der Waals surface area contributed by atoms with Gasteiger partial charge in [-0.15, -0.1) is 0 Å². The van der Waals surface area contributed by atoms with Crippen molar-refractivity contribution in [1.82, 2.24) is 0 Å². The molecule has 2 aromatic carbocycles. The molecular weight excluding hydrogens is 408 g/mol. The second-order valence-electron chi connectivity index (χ2n) is 8.85. The average Bonchev–Trinajstić information content (AvgIpc) is 3.21. The van der Waals surface area contributed by atoms with Gasteiger partial charge in [0, 0.05) is 23.0 Å². The van der Waals surface area contributed by atoms with E-state index in [9.17, 15) is 5.26 Å². The second kappa shape index (κ2) is 7.19. The van der Waals surface area contributed by atoms with E-state index >= 15 is 0 Å². The van der Waals surface area contributed by atoms with Crippen LogP contribution in [-0.2, 0) is 16.8 Å². The molecule has 1 fully saturated rings. The molecule has 1 aliphatic heterocycles. The van der Waals surface area contributed by atoms with E-state index in [1.54, 1.807) is 6.07 Å². The van der Waals surface area contributed by atoms with Crippen LogP contribution in [0.2, 0.25) is 5.02 Å². The van der Waals surface area contributed by atoms with Crippen molar-refractivity contribution in [2.24, 2.45) is 21.1 Å². The number of nitrogens with two attached hydrogens (primary N) is 1. The number of ether oxygens (including phenoxy) is 1. The SMILES string of the molecule is [2H]C([2H])([2H])O[C@H]1CC[C@]2(CC1)Cc1ccc(-c3cc(Cl)cc(C#N)c3)cc1C21N=C(C)C(N)=N1. The topological polar surface area (TPSA) is 83.8 Å². The van der Waals surface area contributed by atoms with Gasteiger partial charge in [-0.25, -0.2) is 4.99 Å². The summed E-state index contributed by atoms with van der Waals surface area (Å²) in [6.45, 7) is 1.88. The average molecular weight is 436 g/mol. The number of fused-ring (bicyclic) bond motifs is 3. The van der Waals surface area contributed by atoms with Gasteiger partial charge in [-0.05, 0) is 80.0 Å². The van der Waals surface area contributed by atoms with Crippen molar-refractivity contribution in [2.45, 2.75) is 50.8 Å². The lowest BCUT2D eigenvalue weighted by Crippen LogP contribution is -2.43. The molecule has 5 rings (SSSR count). The number of nitrogens with zero attached hydrogens (tertiary/aromatic N) is 3. The molecule has 1 heterocycles. The van der Waals surface area contributed by atoms with Gasteiger partial charge in [0.1, 0.15) is 5.84 Å². The van der Waals surface area contributed by atoms with Gasteiger partial charge < -0.3 is 10.5 Å². The Morgan fingerprint density at radius 3 is 2.68 bits per heavy atom. The van der Waals surface area contributed by atoms with Crippen molar-refractivity contribution in [3.8, 4) is 17.2 Å². The monoisotopic (exact) mass is 435 g/mol. The highest BCUT2D eigenvalue weighted by molar-refractivity contribution is 6.41. The Kier molecular flexibility index (Phi) is 3.93. The highest BCUT2D eigenvalue weighted by Crippen LogP contribution is 2.62. The summed E-state index contributed by atoms with van der Waals surface area (Å²) in [4.78, 5) is 10.0. The third-order valence-corrected chi connectivity index (χ3v) is 7.37. The first-order valence-corrected chi connectivity index (χ1v) is 10.9. The second-order valence-corrected chi connectivity index (χ2v) is 9.29. The number of nitriles is 1. The predicted molar refractivity (Wildman–Crippen MR) is 123 cm³/mol. The van der Waals surface area contributed by atoms with Crippen molar-refractivity contribution in [3.63, 3.8) is 0 Å². The van der Waals surface area contributed by atoms with Crippen molar-refractivity contribution in [2.75, 3.05) is 7.04 Å². The first-order chi connectivity index (χ1) is 16.0. The minimum atomic E-state index is -2.40. The van der Waals surface area contributed by atoms with Crippen LogP contribution in [-0.4, -0.2) is 24.7 Å². The van der Waals surface area contributed by atoms with E-state index < -0.39 is 12.7 Å². The first-order valence-electron chi connectivity index (χ1n) is 12.0. The molecule has 0 radical (unpaired) electrons. The molecule has 0 saturated heterocycles. The smallest absolute Gasteiger partial charge is 0.184 e. The highest BCUT2D eigenvalue weighted by Gasteiger charge is 2.60. The van der Waals surface area contributed by atoms with Gasteiger partial charge in [0.15, 0.2) is 5.66 Å². The number of hydrogen-bond acceptors (Lipinski definition) is 5. The maximum Gasteiger partial charge on any atom is 0.184 e. The summed E-state index contributed by atoms with van der Waals surface area (Å²) in [5.74, 6) is 0.438. The van der Waals surface area contributed by atoms with E-state index in [4.69, 9.17) is 36.2 Å². The molecule has 0 amide bonds.